The molecule has 0 bridgehead atoms. The molecule has 0 aliphatic heterocycles. The minimum atomic E-state index is 0.618. The van der Waals surface area contributed by atoms with Crippen molar-refractivity contribution in [3.8, 4) is 11.4 Å². The van der Waals surface area contributed by atoms with Gasteiger partial charge in [-0.1, -0.05) is 24.3 Å². The van der Waals surface area contributed by atoms with Crippen molar-refractivity contribution in [2.24, 2.45) is 4.99 Å². The molecule has 4 aromatic rings. The zero-order valence-electron chi connectivity index (χ0n) is 17.6. The van der Waals surface area contributed by atoms with Crippen molar-refractivity contribution in [2.75, 3.05) is 13.1 Å². The molecule has 158 valence electrons. The lowest BCUT2D eigenvalue weighted by atomic mass is 10.1. The van der Waals surface area contributed by atoms with Gasteiger partial charge >= 0.3 is 0 Å². The summed E-state index contributed by atoms with van der Waals surface area (Å²) in [4.78, 5) is 4.72. The largest absolute Gasteiger partial charge is 0.357 e. The van der Waals surface area contributed by atoms with Crippen LogP contribution in [0.2, 0.25) is 0 Å². The van der Waals surface area contributed by atoms with Crippen LogP contribution >= 0.6 is 0 Å². The van der Waals surface area contributed by atoms with E-state index in [0.717, 1.165) is 42.4 Å². The molecule has 0 aliphatic carbocycles. The number of guanidine groups is 1. The summed E-state index contributed by atoms with van der Waals surface area (Å²) in [6.45, 7) is 4.32. The highest BCUT2D eigenvalue weighted by atomic mass is 15.3. The molecule has 2 heterocycles. The molecule has 7 heteroatoms. The molecular weight excluding hydrogens is 386 g/mol. The molecule has 0 unspecified atom stereocenters. The topological polar surface area (TPSA) is 72.1 Å². The van der Waals surface area contributed by atoms with Gasteiger partial charge in [-0.25, -0.2) is 14.4 Å². The first-order chi connectivity index (χ1) is 15.3. The normalized spacial score (nSPS) is 11.5. The molecule has 2 aromatic carbocycles. The lowest BCUT2D eigenvalue weighted by molar-refractivity contribution is 0.798. The predicted molar refractivity (Wildman–Crippen MR) is 124 cm³/mol. The van der Waals surface area contributed by atoms with Gasteiger partial charge in [0.15, 0.2) is 5.96 Å². The second-order valence-electron chi connectivity index (χ2n) is 7.11. The monoisotopic (exact) mass is 413 g/mol. The van der Waals surface area contributed by atoms with Crippen molar-refractivity contribution in [3.05, 3.63) is 96.6 Å². The van der Waals surface area contributed by atoms with Crippen molar-refractivity contribution in [2.45, 2.75) is 19.9 Å². The van der Waals surface area contributed by atoms with E-state index in [2.05, 4.69) is 76.3 Å². The van der Waals surface area contributed by atoms with Gasteiger partial charge in [0.25, 0.3) is 0 Å². The van der Waals surface area contributed by atoms with E-state index >= 15 is 0 Å². The van der Waals surface area contributed by atoms with Crippen molar-refractivity contribution in [1.29, 1.82) is 0 Å². The van der Waals surface area contributed by atoms with Crippen LogP contribution in [0, 0.1) is 0 Å². The minimum Gasteiger partial charge on any atom is -0.357 e. The zero-order chi connectivity index (χ0) is 21.3. The Bertz CT molecular complexity index is 1060. The summed E-state index contributed by atoms with van der Waals surface area (Å²) < 4.78 is 3.71. The summed E-state index contributed by atoms with van der Waals surface area (Å²) in [7, 11) is 0. The highest BCUT2D eigenvalue weighted by Gasteiger charge is 2.01. The van der Waals surface area contributed by atoms with E-state index in [0.29, 0.717) is 6.54 Å². The summed E-state index contributed by atoms with van der Waals surface area (Å²) >= 11 is 0. The first kappa shape index (κ1) is 20.4. The number of benzene rings is 2. The van der Waals surface area contributed by atoms with Crippen LogP contribution in [0.4, 0.5) is 0 Å². The molecule has 0 saturated carbocycles. The molecule has 0 aliphatic rings. The number of nitrogens with one attached hydrogen (secondary N) is 2. The first-order valence-electron chi connectivity index (χ1n) is 10.5. The Hall–Kier alpha value is -3.87. The first-order valence-corrected chi connectivity index (χ1v) is 10.5. The standard InChI is InChI=1S/C24H27N7/c1-2-25-24(27-19-21-7-11-23(12-8-21)31-18-4-15-29-31)26-16-13-20-5-9-22(10-6-20)30-17-3-14-28-30/h3-12,14-15,17-18H,2,13,16,19H2,1H3,(H2,25,26,27). The summed E-state index contributed by atoms with van der Waals surface area (Å²) in [5.74, 6) is 0.826. The SMILES string of the molecule is CCNC(=NCc1ccc(-n2cccn2)cc1)NCCc1ccc(-n2cccn2)cc1. The maximum Gasteiger partial charge on any atom is 0.191 e. The molecule has 2 N–H and O–H groups in total. The van der Waals surface area contributed by atoms with Crippen molar-refractivity contribution < 1.29 is 0 Å². The van der Waals surface area contributed by atoms with Crippen molar-refractivity contribution >= 4 is 5.96 Å². The van der Waals surface area contributed by atoms with E-state index in [4.69, 9.17) is 4.99 Å². The van der Waals surface area contributed by atoms with Crippen molar-refractivity contribution in [3.63, 3.8) is 0 Å². The fourth-order valence-electron chi connectivity index (χ4n) is 3.25. The minimum absolute atomic E-state index is 0.618. The molecule has 31 heavy (non-hydrogen) atoms. The summed E-state index contributed by atoms with van der Waals surface area (Å²) in [6.07, 6.45) is 8.36. The molecule has 0 amide bonds. The highest BCUT2D eigenvalue weighted by molar-refractivity contribution is 5.79. The van der Waals surface area contributed by atoms with Gasteiger partial charge in [0.2, 0.25) is 0 Å². The van der Waals surface area contributed by atoms with Crippen LogP contribution in [0.15, 0.2) is 90.4 Å². The quantitative estimate of drug-likeness (QED) is 0.343. The third-order valence-corrected chi connectivity index (χ3v) is 4.88. The molecule has 0 spiro atoms. The van der Waals surface area contributed by atoms with Gasteiger partial charge in [-0.2, -0.15) is 10.2 Å². The second kappa shape index (κ2) is 10.2. The lowest BCUT2D eigenvalue weighted by Crippen LogP contribution is -2.38. The number of aromatic nitrogens is 4. The van der Waals surface area contributed by atoms with Crippen LogP contribution in [0.5, 0.6) is 0 Å². The molecule has 2 aromatic heterocycles. The van der Waals surface area contributed by atoms with Crippen LogP contribution in [0.3, 0.4) is 0 Å². The summed E-state index contributed by atoms with van der Waals surface area (Å²) in [5, 5.41) is 15.3. The molecular formula is C24H27N7. The number of rotatable bonds is 8. The van der Waals surface area contributed by atoms with E-state index < -0.39 is 0 Å². The van der Waals surface area contributed by atoms with E-state index in [-0.39, 0.29) is 0 Å². The predicted octanol–water partition coefficient (Wildman–Crippen LogP) is 3.36. The Morgan fingerprint density at radius 2 is 1.39 bits per heavy atom. The number of nitrogens with zero attached hydrogens (tertiary/aromatic N) is 5. The Labute approximate surface area is 182 Å². The van der Waals surface area contributed by atoms with Gasteiger partial charge in [-0.15, -0.1) is 0 Å². The number of aliphatic imine (C=N–C) groups is 1. The molecule has 4 rings (SSSR count). The zero-order valence-corrected chi connectivity index (χ0v) is 17.6. The average Bonchev–Trinajstić information content (AvgIpc) is 3.53. The number of hydrogen-bond acceptors (Lipinski definition) is 3. The average molecular weight is 414 g/mol. The van der Waals surface area contributed by atoms with Crippen LogP contribution in [-0.4, -0.2) is 38.6 Å². The van der Waals surface area contributed by atoms with Gasteiger partial charge in [0.05, 0.1) is 17.9 Å². The van der Waals surface area contributed by atoms with Crippen molar-refractivity contribution in [1.82, 2.24) is 30.2 Å². The fourth-order valence-corrected chi connectivity index (χ4v) is 3.25. The second-order valence-corrected chi connectivity index (χ2v) is 7.11. The van der Waals surface area contributed by atoms with Crippen LogP contribution in [-0.2, 0) is 13.0 Å². The summed E-state index contributed by atoms with van der Waals surface area (Å²) in [6, 6.07) is 20.6. The van der Waals surface area contributed by atoms with Gasteiger partial charge < -0.3 is 10.6 Å². The maximum absolute atomic E-state index is 4.72. The Kier molecular flexibility index (Phi) is 6.74. The van der Waals surface area contributed by atoms with E-state index in [9.17, 15) is 0 Å². The molecule has 0 fully saturated rings. The third-order valence-electron chi connectivity index (χ3n) is 4.88. The maximum atomic E-state index is 4.72. The Morgan fingerprint density at radius 1 is 0.806 bits per heavy atom. The van der Waals surface area contributed by atoms with Gasteiger partial charge in [0.1, 0.15) is 0 Å². The van der Waals surface area contributed by atoms with Crippen LogP contribution in [0.25, 0.3) is 11.4 Å². The third kappa shape index (κ3) is 5.60. The van der Waals surface area contributed by atoms with Gasteiger partial charge in [-0.05, 0) is 60.9 Å². The van der Waals surface area contributed by atoms with Gasteiger partial charge in [0, 0.05) is 37.9 Å². The molecule has 7 nitrogen and oxygen atoms in total. The molecule has 0 saturated heterocycles. The van der Waals surface area contributed by atoms with E-state index in [1.807, 2.05) is 33.9 Å². The van der Waals surface area contributed by atoms with Crippen LogP contribution < -0.4 is 10.6 Å². The van der Waals surface area contributed by atoms with E-state index in [1.54, 1.807) is 12.4 Å². The number of hydrogen-bond donors (Lipinski definition) is 2. The fraction of sp³-hybridized carbons (Fsp3) is 0.208. The molecule has 0 radical (unpaired) electrons. The highest BCUT2D eigenvalue weighted by Crippen LogP contribution is 2.10. The van der Waals surface area contributed by atoms with E-state index in [1.165, 1.54) is 5.56 Å². The molecule has 0 atom stereocenters. The Morgan fingerprint density at radius 3 is 1.90 bits per heavy atom. The Balaban J connectivity index is 1.29. The van der Waals surface area contributed by atoms with Gasteiger partial charge in [-0.3, -0.25) is 0 Å². The lowest BCUT2D eigenvalue weighted by Gasteiger charge is -2.12. The summed E-state index contributed by atoms with van der Waals surface area (Å²) in [5.41, 5.74) is 4.53. The van der Waals surface area contributed by atoms with Crippen LogP contribution in [0.1, 0.15) is 18.1 Å². The smallest absolute Gasteiger partial charge is 0.191 e.